The van der Waals surface area contributed by atoms with E-state index in [2.05, 4.69) is 35.2 Å². The van der Waals surface area contributed by atoms with Crippen LogP contribution in [0.2, 0.25) is 0 Å². The monoisotopic (exact) mass is 360 g/mol. The molecule has 2 fully saturated rings. The number of amides is 1. The highest BCUT2D eigenvalue weighted by Crippen LogP contribution is 2.31. The Balaban J connectivity index is 1.46. The van der Waals surface area contributed by atoms with Gasteiger partial charge in [-0.05, 0) is 50.3 Å². The summed E-state index contributed by atoms with van der Waals surface area (Å²) in [5.74, 6) is 0.766. The van der Waals surface area contributed by atoms with Gasteiger partial charge in [-0.25, -0.2) is 0 Å². The van der Waals surface area contributed by atoms with Gasteiger partial charge in [0.25, 0.3) is 0 Å². The van der Waals surface area contributed by atoms with Gasteiger partial charge < -0.3 is 14.7 Å². The molecule has 2 heterocycles. The minimum atomic E-state index is -0.192. The molecule has 5 nitrogen and oxygen atoms in total. The van der Waals surface area contributed by atoms with Crippen LogP contribution >= 0.6 is 0 Å². The molecule has 5 heteroatoms. The highest BCUT2D eigenvalue weighted by molar-refractivity contribution is 5.78. The lowest BCUT2D eigenvalue weighted by Gasteiger charge is -2.39. The van der Waals surface area contributed by atoms with Gasteiger partial charge in [0.1, 0.15) is 0 Å². The summed E-state index contributed by atoms with van der Waals surface area (Å²) in [6, 6.07) is 10.7. The van der Waals surface area contributed by atoms with Crippen molar-refractivity contribution in [3.63, 3.8) is 0 Å². The normalized spacial score (nSPS) is 21.5. The van der Waals surface area contributed by atoms with E-state index in [-0.39, 0.29) is 17.9 Å². The molecule has 0 aliphatic carbocycles. The topological polar surface area (TPSA) is 53.0 Å². The smallest absolute Gasteiger partial charge is 0.236 e. The Kier molecular flexibility index (Phi) is 6.68. The Morgan fingerprint density at radius 1 is 1.23 bits per heavy atom. The van der Waals surface area contributed by atoms with Crippen molar-refractivity contribution in [1.82, 2.24) is 9.80 Å². The van der Waals surface area contributed by atoms with E-state index in [1.54, 1.807) is 0 Å². The van der Waals surface area contributed by atoms with E-state index >= 15 is 0 Å². The Bertz CT molecular complexity index is 564. The van der Waals surface area contributed by atoms with E-state index in [0.29, 0.717) is 32.2 Å². The summed E-state index contributed by atoms with van der Waals surface area (Å²) in [5, 5.41) is 9.83. The summed E-state index contributed by atoms with van der Waals surface area (Å²) in [4.78, 5) is 16.7. The predicted molar refractivity (Wildman–Crippen MR) is 102 cm³/mol. The first-order chi connectivity index (χ1) is 12.6. The number of piperidine rings is 1. The van der Waals surface area contributed by atoms with E-state index in [9.17, 15) is 9.90 Å². The minimum absolute atomic E-state index is 0.121. The van der Waals surface area contributed by atoms with Crippen molar-refractivity contribution in [3.05, 3.63) is 35.9 Å². The predicted octanol–water partition coefficient (Wildman–Crippen LogP) is 2.11. The summed E-state index contributed by atoms with van der Waals surface area (Å²) in [7, 11) is 1.87. The third kappa shape index (κ3) is 4.84. The maximum atomic E-state index is 12.7. The zero-order valence-corrected chi connectivity index (χ0v) is 15.9. The summed E-state index contributed by atoms with van der Waals surface area (Å²) in [5.41, 5.74) is 1.23. The SMILES string of the molecule is CN(CC1(CO)CCOCC1)C(=O)CN1CCC(c2ccccc2)CC1. The molecule has 0 atom stereocenters. The first-order valence-electron chi connectivity index (χ1n) is 9.82. The molecule has 0 spiro atoms. The number of benzene rings is 1. The quantitative estimate of drug-likeness (QED) is 0.844. The van der Waals surface area contributed by atoms with E-state index < -0.39 is 0 Å². The zero-order valence-electron chi connectivity index (χ0n) is 15.9. The van der Waals surface area contributed by atoms with Gasteiger partial charge in [-0.3, -0.25) is 9.69 Å². The van der Waals surface area contributed by atoms with Crippen LogP contribution in [0.1, 0.15) is 37.2 Å². The van der Waals surface area contributed by atoms with Crippen molar-refractivity contribution in [2.45, 2.75) is 31.6 Å². The van der Waals surface area contributed by atoms with Gasteiger partial charge in [0.05, 0.1) is 13.2 Å². The zero-order chi connectivity index (χ0) is 18.4. The highest BCUT2D eigenvalue weighted by atomic mass is 16.5. The van der Waals surface area contributed by atoms with E-state index in [1.807, 2.05) is 11.9 Å². The molecule has 2 aliphatic heterocycles. The van der Waals surface area contributed by atoms with E-state index in [0.717, 1.165) is 38.8 Å². The lowest BCUT2D eigenvalue weighted by atomic mass is 9.80. The van der Waals surface area contributed by atoms with E-state index in [4.69, 9.17) is 4.74 Å². The van der Waals surface area contributed by atoms with Gasteiger partial charge in [0.15, 0.2) is 0 Å². The molecule has 1 N–H and O–H groups in total. The first-order valence-corrected chi connectivity index (χ1v) is 9.82. The number of carbonyl (C=O) groups excluding carboxylic acids is 1. The Morgan fingerprint density at radius 2 is 1.88 bits per heavy atom. The molecule has 0 aromatic heterocycles. The van der Waals surface area contributed by atoms with Gasteiger partial charge in [-0.15, -0.1) is 0 Å². The fourth-order valence-corrected chi connectivity index (χ4v) is 4.22. The van der Waals surface area contributed by atoms with Gasteiger partial charge in [0, 0.05) is 32.2 Å². The van der Waals surface area contributed by atoms with Crippen molar-refractivity contribution >= 4 is 5.91 Å². The van der Waals surface area contributed by atoms with Crippen molar-refractivity contribution in [3.8, 4) is 0 Å². The number of nitrogens with zero attached hydrogens (tertiary/aromatic N) is 2. The summed E-state index contributed by atoms with van der Waals surface area (Å²) in [6.45, 7) is 4.51. The third-order valence-electron chi connectivity index (χ3n) is 6.10. The summed E-state index contributed by atoms with van der Waals surface area (Å²) >= 11 is 0. The van der Waals surface area contributed by atoms with Crippen molar-refractivity contribution < 1.29 is 14.6 Å². The van der Waals surface area contributed by atoms with Crippen LogP contribution in [0.5, 0.6) is 0 Å². The second-order valence-electron chi connectivity index (χ2n) is 7.98. The van der Waals surface area contributed by atoms with Crippen molar-refractivity contribution in [2.75, 3.05) is 53.0 Å². The highest BCUT2D eigenvalue weighted by Gasteiger charge is 2.34. The summed E-state index contributed by atoms with van der Waals surface area (Å²) in [6.07, 6.45) is 3.87. The molecule has 0 bridgehead atoms. The second kappa shape index (κ2) is 8.98. The number of likely N-dealkylation sites (tertiary alicyclic amines) is 1. The number of ether oxygens (including phenoxy) is 1. The van der Waals surface area contributed by atoms with Gasteiger partial charge in [0.2, 0.25) is 5.91 Å². The van der Waals surface area contributed by atoms with Crippen LogP contribution in [0.4, 0.5) is 0 Å². The number of hydrogen-bond donors (Lipinski definition) is 1. The van der Waals surface area contributed by atoms with Crippen LogP contribution < -0.4 is 0 Å². The van der Waals surface area contributed by atoms with Gasteiger partial charge >= 0.3 is 0 Å². The maximum Gasteiger partial charge on any atom is 0.236 e. The second-order valence-corrected chi connectivity index (χ2v) is 7.98. The Morgan fingerprint density at radius 3 is 2.50 bits per heavy atom. The van der Waals surface area contributed by atoms with Crippen LogP contribution in [0, 0.1) is 5.41 Å². The van der Waals surface area contributed by atoms with Crippen LogP contribution in [0.15, 0.2) is 30.3 Å². The minimum Gasteiger partial charge on any atom is -0.396 e. The Hall–Kier alpha value is -1.43. The molecule has 2 saturated heterocycles. The van der Waals surface area contributed by atoms with E-state index in [1.165, 1.54) is 5.56 Å². The fraction of sp³-hybridized carbons (Fsp3) is 0.667. The third-order valence-corrected chi connectivity index (χ3v) is 6.10. The van der Waals surface area contributed by atoms with Gasteiger partial charge in [-0.2, -0.15) is 0 Å². The molecular formula is C21H32N2O3. The van der Waals surface area contributed by atoms with Crippen molar-refractivity contribution in [1.29, 1.82) is 0 Å². The molecule has 1 amide bonds. The number of aliphatic hydroxyl groups excluding tert-OH is 1. The maximum absolute atomic E-state index is 12.7. The van der Waals surface area contributed by atoms with Gasteiger partial charge in [-0.1, -0.05) is 30.3 Å². The molecule has 0 unspecified atom stereocenters. The number of carbonyl (C=O) groups is 1. The molecule has 2 aliphatic rings. The van der Waals surface area contributed by atoms with Crippen LogP contribution in [-0.4, -0.2) is 73.9 Å². The van der Waals surface area contributed by atoms with Crippen molar-refractivity contribution in [2.24, 2.45) is 5.41 Å². The molecule has 144 valence electrons. The molecule has 1 aromatic carbocycles. The summed E-state index contributed by atoms with van der Waals surface area (Å²) < 4.78 is 5.41. The number of hydrogen-bond acceptors (Lipinski definition) is 4. The van der Waals surface area contributed by atoms with Crippen LogP contribution in [0.3, 0.4) is 0 Å². The average molecular weight is 360 g/mol. The molecule has 3 rings (SSSR count). The molecule has 0 saturated carbocycles. The van der Waals surface area contributed by atoms with Crippen LogP contribution in [0.25, 0.3) is 0 Å². The molecule has 0 radical (unpaired) electrons. The number of likely N-dealkylation sites (N-methyl/N-ethyl adjacent to an activating group) is 1. The average Bonchev–Trinajstić information content (AvgIpc) is 2.70. The fourth-order valence-electron chi connectivity index (χ4n) is 4.22. The van der Waals surface area contributed by atoms with Crippen LogP contribution in [-0.2, 0) is 9.53 Å². The standard InChI is InChI=1S/C21H32N2O3/c1-22(16-21(17-24)9-13-26-14-10-21)20(25)15-23-11-7-19(8-12-23)18-5-3-2-4-6-18/h2-6,19,24H,7-17H2,1H3. The lowest BCUT2D eigenvalue weighted by molar-refractivity contribution is -0.134. The molecular weight excluding hydrogens is 328 g/mol. The lowest BCUT2D eigenvalue weighted by Crippen LogP contribution is -2.48. The molecule has 26 heavy (non-hydrogen) atoms. The Labute approximate surface area is 156 Å². The molecule has 1 aromatic rings. The largest absolute Gasteiger partial charge is 0.396 e. The number of aliphatic hydroxyl groups is 1. The number of rotatable bonds is 6. The first kappa shape index (κ1) is 19.3.